The SMILES string of the molecule is NS(=O)(=O)c1ccc2c(c1)N(Cc1cc(F)cc(F)c1)CCC2. The molecule has 122 valence electrons. The maximum absolute atomic E-state index is 13.3. The van der Waals surface area contributed by atoms with Gasteiger partial charge in [0.1, 0.15) is 11.6 Å². The minimum Gasteiger partial charge on any atom is -0.367 e. The second-order valence-electron chi connectivity index (χ2n) is 5.64. The lowest BCUT2D eigenvalue weighted by Gasteiger charge is -2.31. The number of anilines is 1. The fourth-order valence-corrected chi connectivity index (χ4v) is 3.43. The number of fused-ring (bicyclic) bond motifs is 1. The number of hydrogen-bond donors (Lipinski definition) is 1. The van der Waals surface area contributed by atoms with Crippen molar-refractivity contribution >= 4 is 15.7 Å². The van der Waals surface area contributed by atoms with E-state index in [1.807, 2.05) is 4.90 Å². The molecule has 0 amide bonds. The van der Waals surface area contributed by atoms with Gasteiger partial charge in [0.2, 0.25) is 10.0 Å². The van der Waals surface area contributed by atoms with E-state index in [4.69, 9.17) is 5.14 Å². The molecule has 1 aliphatic rings. The van der Waals surface area contributed by atoms with Crippen LogP contribution < -0.4 is 10.0 Å². The van der Waals surface area contributed by atoms with Crippen LogP contribution in [-0.4, -0.2) is 15.0 Å². The van der Waals surface area contributed by atoms with Crippen LogP contribution in [0.2, 0.25) is 0 Å². The maximum Gasteiger partial charge on any atom is 0.238 e. The molecule has 0 atom stereocenters. The van der Waals surface area contributed by atoms with Crippen LogP contribution in [0.1, 0.15) is 17.5 Å². The summed E-state index contributed by atoms with van der Waals surface area (Å²) in [6.07, 6.45) is 1.72. The van der Waals surface area contributed by atoms with Gasteiger partial charge in [-0.15, -0.1) is 0 Å². The molecule has 2 aromatic carbocycles. The van der Waals surface area contributed by atoms with Crippen molar-refractivity contribution in [1.82, 2.24) is 0 Å². The highest BCUT2D eigenvalue weighted by Gasteiger charge is 2.20. The third-order valence-electron chi connectivity index (χ3n) is 3.90. The molecule has 1 heterocycles. The Bertz CT molecular complexity index is 833. The van der Waals surface area contributed by atoms with Gasteiger partial charge in [-0.05, 0) is 48.2 Å². The van der Waals surface area contributed by atoms with Crippen molar-refractivity contribution in [2.24, 2.45) is 5.14 Å². The van der Waals surface area contributed by atoms with Gasteiger partial charge in [-0.25, -0.2) is 22.3 Å². The van der Waals surface area contributed by atoms with Gasteiger partial charge in [0.05, 0.1) is 4.90 Å². The minimum absolute atomic E-state index is 0.0357. The molecule has 3 rings (SSSR count). The van der Waals surface area contributed by atoms with Gasteiger partial charge in [0.15, 0.2) is 0 Å². The molecular weight excluding hydrogens is 322 g/mol. The first-order valence-electron chi connectivity index (χ1n) is 7.18. The van der Waals surface area contributed by atoms with E-state index in [9.17, 15) is 17.2 Å². The number of sulfonamides is 1. The Hall–Kier alpha value is -1.99. The van der Waals surface area contributed by atoms with E-state index < -0.39 is 21.7 Å². The van der Waals surface area contributed by atoms with Crippen LogP contribution in [-0.2, 0) is 23.0 Å². The number of hydrogen-bond acceptors (Lipinski definition) is 3. The first-order valence-corrected chi connectivity index (χ1v) is 8.73. The van der Waals surface area contributed by atoms with Gasteiger partial charge >= 0.3 is 0 Å². The third-order valence-corrected chi connectivity index (χ3v) is 4.81. The van der Waals surface area contributed by atoms with E-state index in [-0.39, 0.29) is 4.90 Å². The highest BCUT2D eigenvalue weighted by atomic mass is 32.2. The van der Waals surface area contributed by atoms with Crippen molar-refractivity contribution in [2.45, 2.75) is 24.3 Å². The lowest BCUT2D eigenvalue weighted by atomic mass is 10.0. The van der Waals surface area contributed by atoms with Gasteiger partial charge in [0.25, 0.3) is 0 Å². The summed E-state index contributed by atoms with van der Waals surface area (Å²) in [6.45, 7) is 0.981. The molecule has 0 spiro atoms. The van der Waals surface area contributed by atoms with Gasteiger partial charge < -0.3 is 4.90 Å². The molecule has 0 saturated heterocycles. The Kier molecular flexibility index (Phi) is 4.08. The molecule has 7 heteroatoms. The van der Waals surface area contributed by atoms with E-state index in [1.54, 1.807) is 6.07 Å². The number of halogens is 2. The Morgan fingerprint density at radius 1 is 1.09 bits per heavy atom. The first kappa shape index (κ1) is 15.9. The summed E-state index contributed by atoms with van der Waals surface area (Å²) in [5.41, 5.74) is 2.24. The van der Waals surface area contributed by atoms with Crippen LogP contribution in [0.25, 0.3) is 0 Å². The zero-order valence-electron chi connectivity index (χ0n) is 12.3. The largest absolute Gasteiger partial charge is 0.367 e. The van der Waals surface area contributed by atoms with Crippen LogP contribution in [0.5, 0.6) is 0 Å². The molecule has 0 saturated carbocycles. The molecule has 23 heavy (non-hydrogen) atoms. The quantitative estimate of drug-likeness (QED) is 0.935. The third kappa shape index (κ3) is 3.51. The first-order chi connectivity index (χ1) is 10.8. The summed E-state index contributed by atoms with van der Waals surface area (Å²) in [4.78, 5) is 1.95. The second-order valence-corrected chi connectivity index (χ2v) is 7.20. The highest BCUT2D eigenvalue weighted by molar-refractivity contribution is 7.89. The topological polar surface area (TPSA) is 63.4 Å². The average molecular weight is 338 g/mol. The Morgan fingerprint density at radius 2 is 1.78 bits per heavy atom. The smallest absolute Gasteiger partial charge is 0.238 e. The number of nitrogens with zero attached hydrogens (tertiary/aromatic N) is 1. The Morgan fingerprint density at radius 3 is 2.43 bits per heavy atom. The lowest BCUT2D eigenvalue weighted by molar-refractivity contribution is 0.577. The van der Waals surface area contributed by atoms with Crippen molar-refractivity contribution in [3.05, 3.63) is 59.2 Å². The molecule has 2 aromatic rings. The number of nitrogens with two attached hydrogens (primary N) is 1. The van der Waals surface area contributed by atoms with Crippen LogP contribution >= 0.6 is 0 Å². The summed E-state index contributed by atoms with van der Waals surface area (Å²) in [7, 11) is -3.79. The highest BCUT2D eigenvalue weighted by Crippen LogP contribution is 2.30. The van der Waals surface area contributed by atoms with Crippen molar-refractivity contribution in [3.63, 3.8) is 0 Å². The van der Waals surface area contributed by atoms with E-state index >= 15 is 0 Å². The summed E-state index contributed by atoms with van der Waals surface area (Å²) in [6, 6.07) is 8.14. The molecule has 4 nitrogen and oxygen atoms in total. The fraction of sp³-hybridized carbons (Fsp3) is 0.250. The van der Waals surface area contributed by atoms with E-state index in [2.05, 4.69) is 0 Å². The maximum atomic E-state index is 13.3. The summed E-state index contributed by atoms with van der Waals surface area (Å²) >= 11 is 0. The van der Waals surface area contributed by atoms with Gasteiger partial charge in [-0.3, -0.25) is 0 Å². The van der Waals surface area contributed by atoms with Gasteiger partial charge in [0, 0.05) is 24.8 Å². The van der Waals surface area contributed by atoms with Crippen LogP contribution in [0.4, 0.5) is 14.5 Å². The Balaban J connectivity index is 1.97. The molecule has 0 radical (unpaired) electrons. The summed E-state index contributed by atoms with van der Waals surface area (Å²) in [5, 5.41) is 5.18. The van der Waals surface area contributed by atoms with Gasteiger partial charge in [-0.2, -0.15) is 0 Å². The van der Waals surface area contributed by atoms with E-state index in [0.29, 0.717) is 18.7 Å². The monoisotopic (exact) mass is 338 g/mol. The standard InChI is InChI=1S/C16H16F2N2O2S/c17-13-6-11(7-14(18)8-13)10-20-5-1-2-12-3-4-15(9-16(12)20)23(19,21)22/h3-4,6-9H,1-2,5,10H2,(H2,19,21,22). The number of primary sulfonamides is 1. The van der Waals surface area contributed by atoms with Crippen LogP contribution in [0.15, 0.2) is 41.3 Å². The molecule has 2 N–H and O–H groups in total. The Labute approximate surface area is 133 Å². The zero-order chi connectivity index (χ0) is 16.6. The molecule has 0 aliphatic carbocycles. The number of aryl methyl sites for hydroxylation is 1. The van der Waals surface area contributed by atoms with Crippen molar-refractivity contribution in [1.29, 1.82) is 0 Å². The van der Waals surface area contributed by atoms with E-state index in [1.165, 1.54) is 24.3 Å². The normalized spacial score (nSPS) is 14.7. The van der Waals surface area contributed by atoms with Crippen molar-refractivity contribution in [2.75, 3.05) is 11.4 Å². The lowest BCUT2D eigenvalue weighted by Crippen LogP contribution is -2.29. The molecule has 1 aliphatic heterocycles. The number of benzene rings is 2. The zero-order valence-corrected chi connectivity index (χ0v) is 13.1. The fourth-order valence-electron chi connectivity index (χ4n) is 2.89. The predicted molar refractivity (Wildman–Crippen MR) is 83.5 cm³/mol. The summed E-state index contributed by atoms with van der Waals surface area (Å²) < 4.78 is 49.8. The van der Waals surface area contributed by atoms with E-state index in [0.717, 1.165) is 30.2 Å². The van der Waals surface area contributed by atoms with Crippen molar-refractivity contribution < 1.29 is 17.2 Å². The molecule has 0 aromatic heterocycles. The molecule has 0 fully saturated rings. The summed E-state index contributed by atoms with van der Waals surface area (Å²) in [5.74, 6) is -1.26. The molecular formula is C16H16F2N2O2S. The minimum atomic E-state index is -3.79. The second kappa shape index (κ2) is 5.90. The van der Waals surface area contributed by atoms with Gasteiger partial charge in [-0.1, -0.05) is 6.07 Å². The molecule has 0 unspecified atom stereocenters. The van der Waals surface area contributed by atoms with Crippen LogP contribution in [0, 0.1) is 11.6 Å². The van der Waals surface area contributed by atoms with Crippen molar-refractivity contribution in [3.8, 4) is 0 Å². The predicted octanol–water partition coefficient (Wildman–Crippen LogP) is 2.57. The molecule has 0 bridgehead atoms. The number of rotatable bonds is 3. The average Bonchev–Trinajstić information content (AvgIpc) is 2.45. The van der Waals surface area contributed by atoms with Crippen LogP contribution in [0.3, 0.4) is 0 Å².